The number of aryl methyl sites for hydroxylation is 1. The molecular weight excluding hydrogens is 306 g/mol. The Labute approximate surface area is 140 Å². The minimum atomic E-state index is -0.227. The maximum absolute atomic E-state index is 12.5. The van der Waals surface area contributed by atoms with Crippen molar-refractivity contribution >= 4 is 29.1 Å². The van der Waals surface area contributed by atoms with E-state index in [4.69, 9.17) is 0 Å². The third-order valence-corrected chi connectivity index (χ3v) is 4.96. The van der Waals surface area contributed by atoms with Gasteiger partial charge in [-0.2, -0.15) is 0 Å². The molecule has 2 aromatic rings. The molecule has 0 saturated heterocycles. The maximum atomic E-state index is 12.5. The number of hydrogen-bond acceptors (Lipinski definition) is 3. The van der Waals surface area contributed by atoms with Crippen LogP contribution in [0, 0.1) is 6.92 Å². The third-order valence-electron chi connectivity index (χ3n) is 3.81. The van der Waals surface area contributed by atoms with Gasteiger partial charge < -0.3 is 0 Å². The number of hydrogen-bond donors (Lipinski definition) is 0. The smallest absolute Gasteiger partial charge is 0.267 e. The van der Waals surface area contributed by atoms with Crippen LogP contribution < -0.4 is 0 Å². The molecule has 3 nitrogen and oxygen atoms in total. The van der Waals surface area contributed by atoms with Crippen molar-refractivity contribution in [2.75, 3.05) is 7.05 Å². The van der Waals surface area contributed by atoms with Gasteiger partial charge in [0.05, 0.1) is 10.5 Å². The van der Waals surface area contributed by atoms with Crippen LogP contribution in [0.1, 0.15) is 16.7 Å². The molecule has 1 aliphatic rings. The molecule has 0 fully saturated rings. The highest BCUT2D eigenvalue weighted by Gasteiger charge is 2.36. The summed E-state index contributed by atoms with van der Waals surface area (Å²) in [7, 11) is 1.54. The third kappa shape index (κ3) is 3.08. The number of amides is 2. The van der Waals surface area contributed by atoms with Gasteiger partial charge >= 0.3 is 0 Å². The van der Waals surface area contributed by atoms with Crippen molar-refractivity contribution in [3.63, 3.8) is 0 Å². The van der Waals surface area contributed by atoms with E-state index in [0.29, 0.717) is 16.2 Å². The second-order valence-corrected chi connectivity index (χ2v) is 6.50. The van der Waals surface area contributed by atoms with E-state index in [2.05, 4.69) is 0 Å². The fraction of sp³-hybridized carbons (Fsp3) is 0.158. The minimum Gasteiger partial charge on any atom is -0.277 e. The summed E-state index contributed by atoms with van der Waals surface area (Å²) in [5.41, 5.74) is 3.56. The summed E-state index contributed by atoms with van der Waals surface area (Å²) >= 11 is 1.43. The second kappa shape index (κ2) is 6.42. The SMILES string of the molecule is Cc1ccc(C2=C(SCc3ccccc3)C(=O)N(C)C2=O)cc1. The molecule has 0 spiro atoms. The molecule has 2 amide bonds. The number of carbonyl (C=O) groups is 2. The van der Waals surface area contributed by atoms with Crippen LogP contribution in [0.4, 0.5) is 0 Å². The maximum Gasteiger partial charge on any atom is 0.267 e. The predicted octanol–water partition coefficient (Wildman–Crippen LogP) is 3.64. The second-order valence-electron chi connectivity index (χ2n) is 5.51. The molecule has 4 heteroatoms. The molecule has 0 N–H and O–H groups in total. The van der Waals surface area contributed by atoms with Crippen LogP contribution >= 0.6 is 11.8 Å². The van der Waals surface area contributed by atoms with E-state index >= 15 is 0 Å². The van der Waals surface area contributed by atoms with E-state index in [1.807, 2.05) is 61.5 Å². The summed E-state index contributed by atoms with van der Waals surface area (Å²) in [5.74, 6) is 0.221. The largest absolute Gasteiger partial charge is 0.277 e. The van der Waals surface area contributed by atoms with Gasteiger partial charge in [-0.3, -0.25) is 14.5 Å². The van der Waals surface area contributed by atoms with Gasteiger partial charge in [0, 0.05) is 12.8 Å². The van der Waals surface area contributed by atoms with Crippen LogP contribution in [0.2, 0.25) is 0 Å². The average Bonchev–Trinajstić information content (AvgIpc) is 2.79. The van der Waals surface area contributed by atoms with Crippen LogP contribution in [0.3, 0.4) is 0 Å². The molecule has 116 valence electrons. The van der Waals surface area contributed by atoms with Gasteiger partial charge in [0.25, 0.3) is 11.8 Å². The first-order valence-corrected chi connectivity index (χ1v) is 8.37. The number of thioether (sulfide) groups is 1. The van der Waals surface area contributed by atoms with Crippen molar-refractivity contribution in [3.05, 3.63) is 76.2 Å². The number of nitrogens with zero attached hydrogens (tertiary/aromatic N) is 1. The van der Waals surface area contributed by atoms with E-state index in [-0.39, 0.29) is 11.8 Å². The summed E-state index contributed by atoms with van der Waals surface area (Å²) in [6.07, 6.45) is 0. The van der Waals surface area contributed by atoms with Crippen molar-refractivity contribution in [3.8, 4) is 0 Å². The van der Waals surface area contributed by atoms with Crippen molar-refractivity contribution in [2.24, 2.45) is 0 Å². The minimum absolute atomic E-state index is 0.216. The van der Waals surface area contributed by atoms with E-state index < -0.39 is 0 Å². The summed E-state index contributed by atoms with van der Waals surface area (Å²) in [6, 6.07) is 17.7. The van der Waals surface area contributed by atoms with Crippen molar-refractivity contribution in [1.82, 2.24) is 4.90 Å². The molecule has 0 bridgehead atoms. The van der Waals surface area contributed by atoms with Gasteiger partial charge in [-0.05, 0) is 18.1 Å². The molecule has 0 aliphatic carbocycles. The van der Waals surface area contributed by atoms with E-state index in [1.54, 1.807) is 0 Å². The topological polar surface area (TPSA) is 37.4 Å². The zero-order chi connectivity index (χ0) is 16.4. The normalized spacial score (nSPS) is 14.8. The first kappa shape index (κ1) is 15.6. The number of likely N-dealkylation sites (N-methyl/N-ethyl adjacent to an activating group) is 1. The van der Waals surface area contributed by atoms with Gasteiger partial charge in [-0.1, -0.05) is 60.2 Å². The Hall–Kier alpha value is -2.33. The van der Waals surface area contributed by atoms with Crippen molar-refractivity contribution in [2.45, 2.75) is 12.7 Å². The van der Waals surface area contributed by atoms with Crippen LogP contribution in [0.5, 0.6) is 0 Å². The molecule has 0 radical (unpaired) electrons. The Balaban J connectivity index is 1.95. The lowest BCUT2D eigenvalue weighted by molar-refractivity contribution is -0.134. The summed E-state index contributed by atoms with van der Waals surface area (Å²) < 4.78 is 0. The van der Waals surface area contributed by atoms with E-state index in [9.17, 15) is 9.59 Å². The Bertz CT molecular complexity index is 779. The molecule has 3 rings (SSSR count). The highest BCUT2D eigenvalue weighted by Crippen LogP contribution is 2.36. The summed E-state index contributed by atoms with van der Waals surface area (Å²) in [5, 5.41) is 0. The number of carbonyl (C=O) groups excluding carboxylic acids is 2. The lowest BCUT2D eigenvalue weighted by Gasteiger charge is -2.06. The Morgan fingerprint density at radius 1 is 0.913 bits per heavy atom. The van der Waals surface area contributed by atoms with Gasteiger partial charge in [0.1, 0.15) is 0 Å². The summed E-state index contributed by atoms with van der Waals surface area (Å²) in [4.78, 5) is 26.6. The zero-order valence-electron chi connectivity index (χ0n) is 13.1. The number of rotatable bonds is 4. The van der Waals surface area contributed by atoms with Crippen molar-refractivity contribution in [1.29, 1.82) is 0 Å². The first-order valence-electron chi connectivity index (χ1n) is 7.38. The highest BCUT2D eigenvalue weighted by molar-refractivity contribution is 8.03. The standard InChI is InChI=1S/C19H17NO2S/c1-13-8-10-15(11-9-13)16-17(19(22)20(2)18(16)21)23-12-14-6-4-3-5-7-14/h3-11H,12H2,1-2H3. The molecule has 1 heterocycles. The molecule has 1 aliphatic heterocycles. The Kier molecular flexibility index (Phi) is 4.35. The average molecular weight is 323 g/mol. The van der Waals surface area contributed by atoms with Gasteiger partial charge in [-0.25, -0.2) is 0 Å². The zero-order valence-corrected chi connectivity index (χ0v) is 13.9. The molecule has 0 saturated carbocycles. The van der Waals surface area contributed by atoms with Crippen LogP contribution in [0.25, 0.3) is 5.57 Å². The molecule has 23 heavy (non-hydrogen) atoms. The van der Waals surface area contributed by atoms with Gasteiger partial charge in [0.15, 0.2) is 0 Å². The number of imide groups is 1. The fourth-order valence-electron chi connectivity index (χ4n) is 2.45. The molecule has 0 unspecified atom stereocenters. The number of benzene rings is 2. The molecule has 2 aromatic carbocycles. The van der Waals surface area contributed by atoms with E-state index in [0.717, 1.165) is 16.7 Å². The Morgan fingerprint density at radius 2 is 1.57 bits per heavy atom. The predicted molar refractivity (Wildman–Crippen MR) is 93.6 cm³/mol. The molecular formula is C19H17NO2S. The molecule has 0 atom stereocenters. The lowest BCUT2D eigenvalue weighted by atomic mass is 10.0. The van der Waals surface area contributed by atoms with Crippen LogP contribution in [0.15, 0.2) is 59.5 Å². The van der Waals surface area contributed by atoms with Crippen LogP contribution in [-0.2, 0) is 15.3 Å². The van der Waals surface area contributed by atoms with Gasteiger partial charge in [-0.15, -0.1) is 11.8 Å². The highest BCUT2D eigenvalue weighted by atomic mass is 32.2. The lowest BCUT2D eigenvalue weighted by Crippen LogP contribution is -2.26. The van der Waals surface area contributed by atoms with Crippen LogP contribution in [-0.4, -0.2) is 23.8 Å². The first-order chi connectivity index (χ1) is 11.1. The van der Waals surface area contributed by atoms with Gasteiger partial charge in [0.2, 0.25) is 0 Å². The quantitative estimate of drug-likeness (QED) is 0.806. The summed E-state index contributed by atoms with van der Waals surface area (Å²) in [6.45, 7) is 2.00. The molecule has 0 aromatic heterocycles. The van der Waals surface area contributed by atoms with E-state index in [1.165, 1.54) is 23.7 Å². The monoisotopic (exact) mass is 323 g/mol. The fourth-order valence-corrected chi connectivity index (χ4v) is 3.57. The Morgan fingerprint density at radius 3 is 2.22 bits per heavy atom. The van der Waals surface area contributed by atoms with Crippen molar-refractivity contribution < 1.29 is 9.59 Å².